The number of hydrogen-bond acceptors (Lipinski definition) is 5. The fourth-order valence-corrected chi connectivity index (χ4v) is 3.99. The number of methoxy groups -OCH3 is 1. The first-order valence-corrected chi connectivity index (χ1v) is 8.58. The van der Waals surface area contributed by atoms with Gasteiger partial charge in [0, 0.05) is 28.2 Å². The minimum absolute atomic E-state index is 0.0227. The molecule has 0 aliphatic heterocycles. The predicted molar refractivity (Wildman–Crippen MR) is 89.6 cm³/mol. The van der Waals surface area contributed by atoms with Crippen molar-refractivity contribution >= 4 is 17.0 Å². The highest BCUT2D eigenvalue weighted by molar-refractivity contribution is 7.11. The van der Waals surface area contributed by atoms with Gasteiger partial charge in [0.05, 0.1) is 25.3 Å². The van der Waals surface area contributed by atoms with E-state index in [-0.39, 0.29) is 6.61 Å². The molecule has 1 aliphatic rings. The van der Waals surface area contributed by atoms with Crippen LogP contribution in [0.1, 0.15) is 47.0 Å². The van der Waals surface area contributed by atoms with Crippen molar-refractivity contribution in [2.24, 2.45) is 0 Å². The lowest BCUT2D eigenvalue weighted by atomic mass is 10.1. The second kappa shape index (κ2) is 7.11. The summed E-state index contributed by atoms with van der Waals surface area (Å²) < 4.78 is 5.22. The Kier molecular flexibility index (Phi) is 4.95. The summed E-state index contributed by atoms with van der Waals surface area (Å²) >= 11 is 1.82. The number of aromatic nitrogens is 1. The van der Waals surface area contributed by atoms with Gasteiger partial charge in [0.25, 0.3) is 0 Å². The molecule has 0 unspecified atom stereocenters. The molecular formula is C17H22N2O2S. The summed E-state index contributed by atoms with van der Waals surface area (Å²) in [6, 6.07) is 5.78. The Morgan fingerprint density at radius 1 is 1.36 bits per heavy atom. The average molecular weight is 318 g/mol. The van der Waals surface area contributed by atoms with Crippen molar-refractivity contribution in [3.8, 4) is 5.75 Å². The van der Waals surface area contributed by atoms with Crippen molar-refractivity contribution in [3.05, 3.63) is 39.8 Å². The molecule has 2 aromatic rings. The van der Waals surface area contributed by atoms with Crippen LogP contribution < -0.4 is 10.1 Å². The third-order valence-electron chi connectivity index (χ3n) is 4.19. The van der Waals surface area contributed by atoms with Crippen LogP contribution in [0.15, 0.2) is 24.4 Å². The molecule has 22 heavy (non-hydrogen) atoms. The minimum Gasteiger partial charge on any atom is -0.496 e. The van der Waals surface area contributed by atoms with Gasteiger partial charge < -0.3 is 15.2 Å². The lowest BCUT2D eigenvalue weighted by molar-refractivity contribution is 0.274. The fourth-order valence-electron chi connectivity index (χ4n) is 2.97. The first kappa shape index (κ1) is 15.3. The molecule has 0 amide bonds. The maximum absolute atomic E-state index is 9.37. The van der Waals surface area contributed by atoms with Gasteiger partial charge >= 0.3 is 0 Å². The number of nitrogens with zero attached hydrogens (tertiary/aromatic N) is 1. The van der Waals surface area contributed by atoms with Crippen LogP contribution in [-0.4, -0.2) is 17.2 Å². The quantitative estimate of drug-likeness (QED) is 0.848. The van der Waals surface area contributed by atoms with Crippen LogP contribution in [0.4, 0.5) is 5.69 Å². The van der Waals surface area contributed by atoms with Crippen LogP contribution in [0.2, 0.25) is 0 Å². The zero-order valence-corrected chi connectivity index (χ0v) is 13.7. The summed E-state index contributed by atoms with van der Waals surface area (Å²) in [6.45, 7) is 0.743. The average Bonchev–Trinajstić information content (AvgIpc) is 3.23. The Balaban J connectivity index is 1.62. The number of nitrogens with one attached hydrogen (secondary N) is 1. The normalized spacial score (nSPS) is 15.2. The minimum atomic E-state index is -0.0227. The largest absolute Gasteiger partial charge is 0.496 e. The second-order valence-corrected chi connectivity index (χ2v) is 6.83. The highest BCUT2D eigenvalue weighted by atomic mass is 32.1. The van der Waals surface area contributed by atoms with Gasteiger partial charge in [-0.05, 0) is 31.0 Å². The van der Waals surface area contributed by atoms with Crippen LogP contribution >= 0.6 is 11.3 Å². The third-order valence-corrected chi connectivity index (χ3v) is 5.35. The van der Waals surface area contributed by atoms with E-state index in [1.165, 1.54) is 35.6 Å². The molecule has 1 aromatic heterocycles. The van der Waals surface area contributed by atoms with Crippen LogP contribution in [0.25, 0.3) is 0 Å². The highest BCUT2D eigenvalue weighted by Gasteiger charge is 2.20. The Labute approximate surface area is 135 Å². The lowest BCUT2D eigenvalue weighted by Gasteiger charge is -2.10. The van der Waals surface area contributed by atoms with Crippen molar-refractivity contribution in [1.29, 1.82) is 0 Å². The van der Waals surface area contributed by atoms with E-state index in [1.807, 2.05) is 35.7 Å². The van der Waals surface area contributed by atoms with E-state index >= 15 is 0 Å². The maximum Gasteiger partial charge on any atom is 0.124 e. The lowest BCUT2D eigenvalue weighted by Crippen LogP contribution is -1.99. The van der Waals surface area contributed by atoms with Gasteiger partial charge in [0.15, 0.2) is 0 Å². The van der Waals surface area contributed by atoms with E-state index in [1.54, 1.807) is 7.11 Å². The molecule has 1 aromatic carbocycles. The molecular weight excluding hydrogens is 296 g/mol. The van der Waals surface area contributed by atoms with Gasteiger partial charge in [-0.3, -0.25) is 0 Å². The van der Waals surface area contributed by atoms with Gasteiger partial charge in [-0.1, -0.05) is 12.8 Å². The molecule has 1 aliphatic carbocycles. The monoisotopic (exact) mass is 318 g/mol. The Morgan fingerprint density at radius 2 is 2.18 bits per heavy atom. The number of aliphatic hydroxyl groups excluding tert-OH is 1. The standard InChI is InChI=1S/C17H22N2O2S/c1-21-16-7-6-14(8-13(16)11-20)18-9-15-10-19-17(22-15)12-4-2-3-5-12/h6-8,10,12,18,20H,2-5,9,11H2,1H3. The van der Waals surface area contributed by atoms with Crippen molar-refractivity contribution in [2.45, 2.75) is 44.8 Å². The molecule has 1 fully saturated rings. The van der Waals surface area contributed by atoms with Gasteiger partial charge in [-0.25, -0.2) is 4.98 Å². The number of rotatable bonds is 6. The maximum atomic E-state index is 9.37. The Bertz CT molecular complexity index is 621. The molecule has 1 saturated carbocycles. The molecule has 0 spiro atoms. The van der Waals surface area contributed by atoms with Gasteiger partial charge in [0.2, 0.25) is 0 Å². The van der Waals surface area contributed by atoms with E-state index in [4.69, 9.17) is 4.74 Å². The second-order valence-electron chi connectivity index (χ2n) is 5.68. The number of ether oxygens (including phenoxy) is 1. The molecule has 5 heteroatoms. The zero-order chi connectivity index (χ0) is 15.4. The summed E-state index contributed by atoms with van der Waals surface area (Å²) in [6.07, 6.45) is 7.25. The molecule has 0 radical (unpaired) electrons. The van der Waals surface area contributed by atoms with Crippen LogP contribution in [0, 0.1) is 0 Å². The van der Waals surface area contributed by atoms with E-state index in [0.717, 1.165) is 17.8 Å². The van der Waals surface area contributed by atoms with Crippen LogP contribution in [0.3, 0.4) is 0 Å². The van der Waals surface area contributed by atoms with Gasteiger partial charge in [0.1, 0.15) is 5.75 Å². The number of thiazole rings is 1. The number of benzene rings is 1. The molecule has 118 valence electrons. The smallest absolute Gasteiger partial charge is 0.124 e. The topological polar surface area (TPSA) is 54.4 Å². The molecule has 0 bridgehead atoms. The highest BCUT2D eigenvalue weighted by Crippen LogP contribution is 2.36. The van der Waals surface area contributed by atoms with Crippen molar-refractivity contribution in [2.75, 3.05) is 12.4 Å². The van der Waals surface area contributed by atoms with E-state index in [0.29, 0.717) is 11.7 Å². The first-order valence-electron chi connectivity index (χ1n) is 7.76. The molecule has 1 heterocycles. The van der Waals surface area contributed by atoms with E-state index in [9.17, 15) is 5.11 Å². The summed E-state index contributed by atoms with van der Waals surface area (Å²) in [5.41, 5.74) is 1.78. The van der Waals surface area contributed by atoms with Gasteiger partial charge in [-0.15, -0.1) is 11.3 Å². The summed E-state index contributed by atoms with van der Waals surface area (Å²) in [4.78, 5) is 5.84. The van der Waals surface area contributed by atoms with Crippen molar-refractivity contribution < 1.29 is 9.84 Å². The number of aliphatic hydroxyl groups is 1. The Morgan fingerprint density at radius 3 is 2.91 bits per heavy atom. The van der Waals surface area contributed by atoms with Gasteiger partial charge in [-0.2, -0.15) is 0 Å². The van der Waals surface area contributed by atoms with Crippen molar-refractivity contribution in [1.82, 2.24) is 4.98 Å². The zero-order valence-electron chi connectivity index (χ0n) is 12.8. The predicted octanol–water partition coefficient (Wildman–Crippen LogP) is 3.91. The Hall–Kier alpha value is -1.59. The molecule has 4 nitrogen and oxygen atoms in total. The van der Waals surface area contributed by atoms with Crippen LogP contribution in [-0.2, 0) is 13.2 Å². The van der Waals surface area contributed by atoms with Crippen molar-refractivity contribution in [3.63, 3.8) is 0 Å². The SMILES string of the molecule is COc1ccc(NCc2cnc(C3CCCC3)s2)cc1CO. The summed E-state index contributed by atoms with van der Waals surface area (Å²) in [7, 11) is 1.61. The molecule has 0 saturated heterocycles. The number of anilines is 1. The molecule has 3 rings (SSSR count). The molecule has 2 N–H and O–H groups in total. The summed E-state index contributed by atoms with van der Waals surface area (Å²) in [5.74, 6) is 1.40. The van der Waals surface area contributed by atoms with E-state index in [2.05, 4.69) is 10.3 Å². The third kappa shape index (κ3) is 3.42. The van der Waals surface area contributed by atoms with Crippen LogP contribution in [0.5, 0.6) is 5.75 Å². The van der Waals surface area contributed by atoms with E-state index < -0.39 is 0 Å². The first-order chi connectivity index (χ1) is 10.8. The molecule has 0 atom stereocenters. The summed E-state index contributed by atoms with van der Waals surface area (Å²) in [5, 5.41) is 14.1. The fraction of sp³-hybridized carbons (Fsp3) is 0.471. The number of hydrogen-bond donors (Lipinski definition) is 2.